The van der Waals surface area contributed by atoms with Crippen molar-refractivity contribution in [3.8, 4) is 22.7 Å². The number of carbonyl (C=O) groups is 1. The minimum atomic E-state index is -4.79. The maximum Gasteiger partial charge on any atom is 0.573 e. The van der Waals surface area contributed by atoms with Gasteiger partial charge in [0.05, 0.1) is 17.9 Å². The molecule has 1 heterocycles. The number of rotatable bonds is 9. The van der Waals surface area contributed by atoms with Gasteiger partial charge in [-0.25, -0.2) is 4.68 Å². The van der Waals surface area contributed by atoms with Gasteiger partial charge in [0.15, 0.2) is 0 Å². The van der Waals surface area contributed by atoms with Crippen LogP contribution in [0.4, 0.5) is 24.7 Å². The largest absolute Gasteiger partial charge is 0.573 e. The van der Waals surface area contributed by atoms with Gasteiger partial charge in [-0.2, -0.15) is 5.10 Å². The van der Waals surface area contributed by atoms with Gasteiger partial charge in [0, 0.05) is 30.5 Å². The van der Waals surface area contributed by atoms with E-state index in [-0.39, 0.29) is 11.7 Å². The summed E-state index contributed by atoms with van der Waals surface area (Å²) in [5.41, 5.74) is 4.80. The van der Waals surface area contributed by atoms with E-state index in [0.717, 1.165) is 16.8 Å². The Morgan fingerprint density at radius 2 is 1.73 bits per heavy atom. The highest BCUT2D eigenvalue weighted by Gasteiger charge is 2.31. The Balaban J connectivity index is 1.45. The summed E-state index contributed by atoms with van der Waals surface area (Å²) in [6.07, 6.45) is -3.06. The minimum Gasteiger partial charge on any atom is -0.406 e. The Bertz CT molecular complexity index is 1550. The predicted octanol–water partition coefficient (Wildman–Crippen LogP) is 7.38. The lowest BCUT2D eigenvalue weighted by Crippen LogP contribution is -2.17. The monoisotopic (exact) mass is 579 g/mol. The lowest BCUT2D eigenvalue weighted by molar-refractivity contribution is -0.274. The number of halogens is 3. The minimum absolute atomic E-state index is 0.318. The van der Waals surface area contributed by atoms with E-state index >= 15 is 0 Å². The highest BCUT2D eigenvalue weighted by molar-refractivity contribution is 7.80. The van der Waals surface area contributed by atoms with Gasteiger partial charge in [-0.15, -0.1) is 13.2 Å². The van der Waals surface area contributed by atoms with Crippen molar-refractivity contribution in [2.24, 2.45) is 4.99 Å². The third-order valence-electron chi connectivity index (χ3n) is 5.87. The number of hydrogen-bond donors (Lipinski definition) is 2. The van der Waals surface area contributed by atoms with Crippen LogP contribution in [-0.4, -0.2) is 39.8 Å². The third-order valence-corrected chi connectivity index (χ3v) is 6.10. The molecule has 0 aliphatic heterocycles. The summed E-state index contributed by atoms with van der Waals surface area (Å²) in [7, 11) is 0. The molecule has 0 fully saturated rings. The summed E-state index contributed by atoms with van der Waals surface area (Å²) < 4.78 is 42.9. The van der Waals surface area contributed by atoms with Crippen LogP contribution in [0.5, 0.6) is 5.75 Å². The van der Waals surface area contributed by atoms with Crippen molar-refractivity contribution in [3.05, 3.63) is 90.0 Å². The first kappa shape index (κ1) is 29.5. The maximum atomic E-state index is 12.5. The first-order valence-corrected chi connectivity index (χ1v) is 13.1. The van der Waals surface area contributed by atoms with Crippen LogP contribution in [0.3, 0.4) is 0 Å². The normalized spacial score (nSPS) is 11.6. The molecule has 1 amide bonds. The molecule has 41 heavy (non-hydrogen) atoms. The van der Waals surface area contributed by atoms with Crippen molar-refractivity contribution in [2.45, 2.75) is 33.1 Å². The van der Waals surface area contributed by atoms with Gasteiger partial charge in [0.2, 0.25) is 5.91 Å². The van der Waals surface area contributed by atoms with Crippen molar-refractivity contribution in [3.63, 3.8) is 0 Å². The van der Waals surface area contributed by atoms with Gasteiger partial charge >= 0.3 is 6.36 Å². The van der Waals surface area contributed by atoms with Crippen molar-refractivity contribution >= 4 is 40.8 Å². The van der Waals surface area contributed by atoms with Gasteiger partial charge in [-0.3, -0.25) is 9.79 Å². The molecule has 4 aromatic rings. The zero-order valence-corrected chi connectivity index (χ0v) is 23.4. The predicted molar refractivity (Wildman–Crippen MR) is 159 cm³/mol. The smallest absolute Gasteiger partial charge is 0.406 e. The summed E-state index contributed by atoms with van der Waals surface area (Å²) in [5, 5.41) is 10.5. The molecule has 212 valence electrons. The van der Waals surface area contributed by atoms with Gasteiger partial charge in [-0.05, 0) is 47.4 Å². The molecule has 11 heteroatoms. The molecule has 0 bridgehead atoms. The van der Waals surface area contributed by atoms with E-state index in [1.54, 1.807) is 12.3 Å². The number of para-hydroxylation sites is 1. The second-order valence-electron chi connectivity index (χ2n) is 9.43. The van der Waals surface area contributed by atoms with Crippen molar-refractivity contribution in [1.29, 1.82) is 0 Å². The van der Waals surface area contributed by atoms with Gasteiger partial charge in [0.1, 0.15) is 16.6 Å². The van der Waals surface area contributed by atoms with E-state index in [1.165, 1.54) is 41.4 Å². The lowest BCUT2D eigenvalue weighted by Gasteiger charge is -2.14. The number of carbonyl (C=O) groups excluding carboxylic acids is 1. The zero-order chi connectivity index (χ0) is 29.6. The molecule has 0 radical (unpaired) electrons. The highest BCUT2D eigenvalue weighted by Crippen LogP contribution is 2.28. The highest BCUT2D eigenvalue weighted by atomic mass is 32.1. The van der Waals surface area contributed by atoms with Gasteiger partial charge in [0.25, 0.3) is 0 Å². The average Bonchev–Trinajstić information content (AvgIpc) is 3.32. The molecule has 2 N–H and O–H groups in total. The summed E-state index contributed by atoms with van der Waals surface area (Å²) in [6.45, 7) is 5.95. The molecule has 0 aliphatic rings. The van der Waals surface area contributed by atoms with Crippen LogP contribution in [0.1, 0.15) is 37.8 Å². The number of amides is 1. The second kappa shape index (κ2) is 12.8. The Morgan fingerprint density at radius 3 is 2.37 bits per heavy atom. The van der Waals surface area contributed by atoms with Crippen molar-refractivity contribution in [2.75, 3.05) is 17.2 Å². The number of ether oxygens (including phenoxy) is 1. The molecule has 0 saturated heterocycles. The van der Waals surface area contributed by atoms with Crippen LogP contribution >= 0.6 is 12.2 Å². The number of aromatic nitrogens is 2. The SMILES string of the molecule is CC(=O)Nc1cc(-c2ccc(C=NCC(=S)Nc3ccccc3C(C)C)cc2)nn1-c1ccc(OC(F)(F)F)cc1. The Kier molecular flexibility index (Phi) is 9.18. The average molecular weight is 580 g/mol. The van der Waals surface area contributed by atoms with Crippen LogP contribution in [-0.2, 0) is 4.79 Å². The molecule has 0 aliphatic carbocycles. The standard InChI is InChI=1S/C30H28F3N5O2S/c1-19(2)25-6-4-5-7-26(25)36-29(41)18-34-17-21-8-10-22(11-9-21)27-16-28(35-20(3)39)38(37-27)23-12-14-24(15-13-23)40-30(31,32)33/h4-17,19H,18H2,1-3H3,(H,35,39)(H,36,41). The van der Waals surface area contributed by atoms with Crippen LogP contribution in [0.2, 0.25) is 0 Å². The number of aliphatic imine (C=N–C) groups is 1. The molecular formula is C30H28F3N5O2S. The number of nitrogens with one attached hydrogen (secondary N) is 2. The van der Waals surface area contributed by atoms with E-state index < -0.39 is 6.36 Å². The Morgan fingerprint density at radius 1 is 1.05 bits per heavy atom. The first-order chi connectivity index (χ1) is 19.5. The number of alkyl halides is 3. The molecule has 7 nitrogen and oxygen atoms in total. The molecular weight excluding hydrogens is 551 g/mol. The zero-order valence-electron chi connectivity index (χ0n) is 22.6. The van der Waals surface area contributed by atoms with E-state index in [2.05, 4.69) is 45.4 Å². The van der Waals surface area contributed by atoms with Crippen LogP contribution in [0, 0.1) is 0 Å². The number of benzene rings is 3. The fourth-order valence-electron chi connectivity index (χ4n) is 4.06. The van der Waals surface area contributed by atoms with Crippen LogP contribution < -0.4 is 15.4 Å². The number of nitrogens with zero attached hydrogens (tertiary/aromatic N) is 3. The molecule has 0 atom stereocenters. The van der Waals surface area contributed by atoms with E-state index in [0.29, 0.717) is 34.7 Å². The van der Waals surface area contributed by atoms with Crippen molar-refractivity contribution in [1.82, 2.24) is 9.78 Å². The molecule has 1 aromatic heterocycles. The summed E-state index contributed by atoms with van der Waals surface area (Å²) >= 11 is 5.47. The number of hydrogen-bond acceptors (Lipinski definition) is 5. The van der Waals surface area contributed by atoms with Gasteiger partial charge in [-0.1, -0.05) is 68.5 Å². The third kappa shape index (κ3) is 8.24. The number of thiocarbonyl (C=S) groups is 1. The van der Waals surface area contributed by atoms with Crippen molar-refractivity contribution < 1.29 is 22.7 Å². The summed E-state index contributed by atoms with van der Waals surface area (Å²) in [6, 6.07) is 22.4. The molecule has 0 spiro atoms. The fourth-order valence-corrected chi connectivity index (χ4v) is 4.24. The lowest BCUT2D eigenvalue weighted by atomic mass is 10.0. The maximum absolute atomic E-state index is 12.5. The molecule has 0 saturated carbocycles. The topological polar surface area (TPSA) is 80.5 Å². The van der Waals surface area contributed by atoms with E-state index in [1.807, 2.05) is 42.5 Å². The molecule has 4 rings (SSSR count). The molecule has 0 unspecified atom stereocenters. The van der Waals surface area contributed by atoms with E-state index in [9.17, 15) is 18.0 Å². The van der Waals surface area contributed by atoms with Crippen LogP contribution in [0.15, 0.2) is 83.9 Å². The number of anilines is 2. The first-order valence-electron chi connectivity index (χ1n) is 12.7. The van der Waals surface area contributed by atoms with E-state index in [4.69, 9.17) is 12.2 Å². The van der Waals surface area contributed by atoms with Crippen LogP contribution in [0.25, 0.3) is 16.9 Å². The second-order valence-corrected chi connectivity index (χ2v) is 9.92. The fraction of sp³-hybridized carbons (Fsp3) is 0.200. The molecule has 3 aromatic carbocycles. The Labute approximate surface area is 241 Å². The quantitative estimate of drug-likeness (QED) is 0.160. The van der Waals surface area contributed by atoms with Gasteiger partial charge < -0.3 is 15.4 Å². The summed E-state index contributed by atoms with van der Waals surface area (Å²) in [5.74, 6) is 0.0515. The Hall–Kier alpha value is -4.51. The summed E-state index contributed by atoms with van der Waals surface area (Å²) in [4.78, 5) is 16.8.